The molecule has 0 spiro atoms. The van der Waals surface area contributed by atoms with Gasteiger partial charge in [0.15, 0.2) is 0 Å². The van der Waals surface area contributed by atoms with Crippen LogP contribution in [-0.2, 0) is 19.1 Å². The number of methoxy groups -OCH3 is 1. The van der Waals surface area contributed by atoms with E-state index in [0.717, 1.165) is 62.8 Å². The summed E-state index contributed by atoms with van der Waals surface area (Å²) in [5, 5.41) is 0. The first kappa shape index (κ1) is 57.1. The number of ether oxygens (including phenoxy) is 2. The molecule has 0 saturated carbocycles. The summed E-state index contributed by atoms with van der Waals surface area (Å²) < 4.78 is 10.8. The number of piperidine rings is 1. The van der Waals surface area contributed by atoms with Crippen LogP contribution in [0.1, 0.15) is 272 Å². The predicted molar refractivity (Wildman–Crippen MR) is 254 cm³/mol. The Hall–Kier alpha value is -0.940. The molecule has 1 aliphatic rings. The number of unbranched alkanes of at least 4 members (excludes halogenated alkanes) is 19. The zero-order chi connectivity index (χ0) is 42.4. The lowest BCUT2D eigenvalue weighted by molar-refractivity contribution is -0.144. The highest BCUT2D eigenvalue weighted by molar-refractivity contribution is 5.69. The van der Waals surface area contributed by atoms with Crippen molar-refractivity contribution in [1.29, 1.82) is 0 Å². The van der Waals surface area contributed by atoms with Gasteiger partial charge in [0.2, 0.25) is 0 Å². The van der Waals surface area contributed by atoms with Crippen LogP contribution in [0, 0.1) is 17.8 Å². The van der Waals surface area contributed by atoms with Gasteiger partial charge in [-0.1, -0.05) is 214 Å². The molecule has 1 rings (SSSR count). The highest BCUT2D eigenvalue weighted by Crippen LogP contribution is 2.25. The van der Waals surface area contributed by atoms with Gasteiger partial charge in [0.1, 0.15) is 6.29 Å². The molecule has 0 amide bonds. The van der Waals surface area contributed by atoms with Gasteiger partial charge in [-0.15, -0.1) is 0 Å². The zero-order valence-corrected chi connectivity index (χ0v) is 40.3. The average Bonchev–Trinajstić information content (AvgIpc) is 3.24. The Kier molecular flexibility index (Phi) is 46.4. The summed E-state index contributed by atoms with van der Waals surface area (Å²) in [6.45, 7) is 14.6. The normalized spacial score (nSPS) is 13.8. The van der Waals surface area contributed by atoms with Crippen molar-refractivity contribution >= 4 is 12.3 Å². The molecule has 1 heterocycles. The molecule has 5 nitrogen and oxygen atoms in total. The molecule has 0 aromatic rings. The van der Waals surface area contributed by atoms with E-state index < -0.39 is 0 Å². The third-order valence-corrected chi connectivity index (χ3v) is 13.1. The van der Waals surface area contributed by atoms with Gasteiger partial charge in [0.25, 0.3) is 0 Å². The molecule has 58 heavy (non-hydrogen) atoms. The lowest BCUT2D eigenvalue weighted by Gasteiger charge is -2.28. The van der Waals surface area contributed by atoms with Crippen LogP contribution in [-0.4, -0.2) is 57.1 Å². The van der Waals surface area contributed by atoms with Gasteiger partial charge in [-0.25, -0.2) is 0 Å². The summed E-state index contributed by atoms with van der Waals surface area (Å²) in [6.07, 6.45) is 49.9. The van der Waals surface area contributed by atoms with Crippen molar-refractivity contribution in [3.8, 4) is 0 Å². The van der Waals surface area contributed by atoms with Crippen molar-refractivity contribution in [3.63, 3.8) is 0 Å². The number of carbonyl (C=O) groups is 2. The molecule has 346 valence electrons. The van der Waals surface area contributed by atoms with E-state index in [1.54, 1.807) is 0 Å². The fraction of sp³-hybridized carbons (Fsp3) is 0.962. The number of hydrogen-bond acceptors (Lipinski definition) is 5. The molecule has 0 radical (unpaired) electrons. The van der Waals surface area contributed by atoms with Crippen molar-refractivity contribution in [3.05, 3.63) is 0 Å². The number of nitrogens with zero attached hydrogens (tertiary/aromatic N) is 1. The maximum absolute atomic E-state index is 12.3. The van der Waals surface area contributed by atoms with Crippen LogP contribution in [0.15, 0.2) is 0 Å². The van der Waals surface area contributed by atoms with Crippen molar-refractivity contribution in [1.82, 2.24) is 4.90 Å². The van der Waals surface area contributed by atoms with Crippen LogP contribution in [0.2, 0.25) is 0 Å². The summed E-state index contributed by atoms with van der Waals surface area (Å²) in [7, 11) is 1.81. The quantitative estimate of drug-likeness (QED) is 0.0348. The van der Waals surface area contributed by atoms with Crippen LogP contribution in [0.3, 0.4) is 0 Å². The summed E-state index contributed by atoms with van der Waals surface area (Å²) >= 11 is 0. The molecular weight excluding hydrogens is 715 g/mol. The summed E-state index contributed by atoms with van der Waals surface area (Å²) in [5.41, 5.74) is 0. The van der Waals surface area contributed by atoms with Crippen LogP contribution < -0.4 is 0 Å². The Morgan fingerprint density at radius 1 is 0.483 bits per heavy atom. The maximum atomic E-state index is 12.3. The highest BCUT2D eigenvalue weighted by Gasteiger charge is 2.15. The largest absolute Gasteiger partial charge is 0.466 e. The average molecular weight is 820 g/mol. The summed E-state index contributed by atoms with van der Waals surface area (Å²) in [4.78, 5) is 25.5. The van der Waals surface area contributed by atoms with Crippen molar-refractivity contribution in [2.75, 3.05) is 40.0 Å². The highest BCUT2D eigenvalue weighted by atomic mass is 16.5. The second-order valence-electron chi connectivity index (χ2n) is 18.6. The minimum atomic E-state index is 0.0263. The minimum absolute atomic E-state index is 0.0263. The van der Waals surface area contributed by atoms with Gasteiger partial charge in [-0.05, 0) is 82.3 Å². The third kappa shape index (κ3) is 40.5. The molecule has 1 aliphatic heterocycles. The van der Waals surface area contributed by atoms with E-state index in [-0.39, 0.29) is 5.97 Å². The van der Waals surface area contributed by atoms with E-state index in [0.29, 0.717) is 13.0 Å². The van der Waals surface area contributed by atoms with Crippen LogP contribution in [0.4, 0.5) is 0 Å². The molecule has 1 unspecified atom stereocenters. The lowest BCUT2D eigenvalue weighted by atomic mass is 9.91. The molecular formula is C53H105NO4. The molecule has 1 atom stereocenters. The summed E-state index contributed by atoms with van der Waals surface area (Å²) in [5.74, 6) is 2.58. The molecule has 0 aromatic carbocycles. The Balaban J connectivity index is 0.00000182. The van der Waals surface area contributed by atoms with Gasteiger partial charge in [0.05, 0.1) is 6.61 Å². The van der Waals surface area contributed by atoms with Crippen molar-refractivity contribution in [2.24, 2.45) is 17.8 Å². The Morgan fingerprint density at radius 2 is 0.879 bits per heavy atom. The first-order chi connectivity index (χ1) is 28.5. The molecule has 1 fully saturated rings. The van der Waals surface area contributed by atoms with Gasteiger partial charge in [-0.2, -0.15) is 0 Å². The van der Waals surface area contributed by atoms with E-state index in [9.17, 15) is 9.59 Å². The lowest BCUT2D eigenvalue weighted by Crippen LogP contribution is -2.31. The number of rotatable bonds is 43. The summed E-state index contributed by atoms with van der Waals surface area (Å²) in [6, 6.07) is 0. The minimum Gasteiger partial charge on any atom is -0.466 e. The van der Waals surface area contributed by atoms with Gasteiger partial charge in [-0.3, -0.25) is 4.79 Å². The van der Waals surface area contributed by atoms with E-state index >= 15 is 0 Å². The number of likely N-dealkylation sites (tertiary alicyclic amines) is 1. The standard InChI is InChI=1S/C39H75NO3.C14H30O/c1-3-5-17-25-38(26-18-6-4-2)31-36-43-39(42)29-21-14-10-9-13-20-28-37(30-34-40-32-22-16-23-33-40)27-19-12-8-7-11-15-24-35-41;1-4-6-8-10-14(12-13-15-3)11-9-7-5-2/h35,37-38H,3-34,36H2,1-2H3;14H,4-13H2,1-3H3. The second kappa shape index (κ2) is 47.1. The smallest absolute Gasteiger partial charge is 0.305 e. The Bertz CT molecular complexity index is 794. The third-order valence-electron chi connectivity index (χ3n) is 13.1. The van der Waals surface area contributed by atoms with Crippen molar-refractivity contribution in [2.45, 2.75) is 272 Å². The zero-order valence-electron chi connectivity index (χ0n) is 40.3. The van der Waals surface area contributed by atoms with E-state index in [4.69, 9.17) is 9.47 Å². The van der Waals surface area contributed by atoms with Crippen LogP contribution >= 0.6 is 0 Å². The van der Waals surface area contributed by atoms with Gasteiger partial charge < -0.3 is 19.2 Å². The van der Waals surface area contributed by atoms with Crippen LogP contribution in [0.25, 0.3) is 0 Å². The van der Waals surface area contributed by atoms with Gasteiger partial charge in [0, 0.05) is 26.6 Å². The second-order valence-corrected chi connectivity index (χ2v) is 18.6. The first-order valence-electron chi connectivity index (χ1n) is 26.3. The maximum Gasteiger partial charge on any atom is 0.305 e. The Morgan fingerprint density at radius 3 is 1.33 bits per heavy atom. The van der Waals surface area contributed by atoms with Crippen molar-refractivity contribution < 1.29 is 19.1 Å². The monoisotopic (exact) mass is 820 g/mol. The van der Waals surface area contributed by atoms with E-state index in [1.165, 1.54) is 225 Å². The number of aldehydes is 1. The number of hydrogen-bond donors (Lipinski definition) is 0. The molecule has 0 bridgehead atoms. The fourth-order valence-electron chi connectivity index (χ4n) is 9.05. The number of esters is 1. The predicted octanol–water partition coefficient (Wildman–Crippen LogP) is 16.4. The van der Waals surface area contributed by atoms with Crippen LogP contribution in [0.5, 0.6) is 0 Å². The van der Waals surface area contributed by atoms with Gasteiger partial charge >= 0.3 is 5.97 Å². The topological polar surface area (TPSA) is 55.8 Å². The van der Waals surface area contributed by atoms with E-state index in [2.05, 4.69) is 32.6 Å². The Labute approximate surface area is 364 Å². The number of carbonyl (C=O) groups excluding carboxylic acids is 2. The molecule has 0 aliphatic carbocycles. The SMILES string of the molecule is CCCCCC(CCCCC)CCOC.CCCCCC(CCCCC)CCOC(=O)CCCCCCCCC(CCCCCCCCC=O)CCN1CCCCC1. The first-order valence-corrected chi connectivity index (χ1v) is 26.3. The molecule has 1 saturated heterocycles. The molecule has 0 N–H and O–H groups in total. The fourth-order valence-corrected chi connectivity index (χ4v) is 9.05. The molecule has 5 heteroatoms. The van der Waals surface area contributed by atoms with E-state index in [1.807, 2.05) is 7.11 Å². The molecule has 0 aromatic heterocycles.